The van der Waals surface area contributed by atoms with Gasteiger partial charge in [0.05, 0.1) is 4.90 Å². The molecule has 0 fully saturated rings. The maximum absolute atomic E-state index is 13.3. The van der Waals surface area contributed by atoms with Crippen LogP contribution in [0.2, 0.25) is 5.02 Å². The Labute approximate surface area is 207 Å². The fraction of sp³-hybridized carbons (Fsp3) is 0.0952. The van der Waals surface area contributed by atoms with Gasteiger partial charge in [0, 0.05) is 23.7 Å². The normalized spacial score (nSPS) is 11.1. The van der Waals surface area contributed by atoms with E-state index in [4.69, 9.17) is 11.6 Å². The first-order valence-electron chi connectivity index (χ1n) is 8.81. The average Bonchev–Trinajstić information content (AvgIpc) is 2.74. The standard InChI is InChI=1S/C21H17ClFN2O4S.Na/c22-18-2-1-3-20(12-18)30(28,29)25(14-16-6-10-19(23)11-7-16)13-15-4-8-17(9-5-15)21(26)24-27;/h1-12H,13-14H2,(H-,24,26,27);/q-1;+1. The summed E-state index contributed by atoms with van der Waals surface area (Å²) in [6, 6.07) is 17.5. The third-order valence-corrected chi connectivity index (χ3v) is 6.40. The van der Waals surface area contributed by atoms with Crippen molar-refractivity contribution in [3.8, 4) is 0 Å². The molecule has 0 heterocycles. The van der Waals surface area contributed by atoms with Gasteiger partial charge in [0.2, 0.25) is 15.9 Å². The van der Waals surface area contributed by atoms with E-state index in [9.17, 15) is 22.8 Å². The summed E-state index contributed by atoms with van der Waals surface area (Å²) >= 11 is 5.97. The summed E-state index contributed by atoms with van der Waals surface area (Å²) in [7, 11) is -3.94. The van der Waals surface area contributed by atoms with Crippen molar-refractivity contribution in [1.82, 2.24) is 9.79 Å². The van der Waals surface area contributed by atoms with E-state index < -0.39 is 21.7 Å². The molecule has 0 bridgehead atoms. The maximum atomic E-state index is 13.3. The monoisotopic (exact) mass is 470 g/mol. The Hall–Kier alpha value is -1.78. The van der Waals surface area contributed by atoms with Crippen molar-refractivity contribution in [2.24, 2.45) is 0 Å². The summed E-state index contributed by atoms with van der Waals surface area (Å²) < 4.78 is 41.0. The number of nitrogens with zero attached hydrogens (tertiary/aromatic N) is 1. The maximum Gasteiger partial charge on any atom is 1.00 e. The van der Waals surface area contributed by atoms with E-state index in [0.29, 0.717) is 11.1 Å². The largest absolute Gasteiger partial charge is 1.00 e. The zero-order chi connectivity index (χ0) is 21.7. The number of benzene rings is 3. The van der Waals surface area contributed by atoms with Crippen LogP contribution in [0.25, 0.3) is 0 Å². The van der Waals surface area contributed by atoms with E-state index in [-0.39, 0.29) is 58.1 Å². The van der Waals surface area contributed by atoms with Crippen LogP contribution < -0.4 is 35.0 Å². The number of carbonyl (C=O) groups is 1. The van der Waals surface area contributed by atoms with Gasteiger partial charge in [-0.1, -0.05) is 41.9 Å². The first-order valence-corrected chi connectivity index (χ1v) is 10.6. The van der Waals surface area contributed by atoms with Gasteiger partial charge in [-0.05, 0) is 53.6 Å². The quantitative estimate of drug-likeness (QED) is 0.414. The molecule has 10 heteroatoms. The van der Waals surface area contributed by atoms with Crippen molar-refractivity contribution >= 4 is 27.5 Å². The molecule has 0 spiro atoms. The number of carbonyl (C=O) groups excluding carboxylic acids is 1. The van der Waals surface area contributed by atoms with Gasteiger partial charge in [-0.15, -0.1) is 0 Å². The van der Waals surface area contributed by atoms with Gasteiger partial charge in [-0.25, -0.2) is 12.8 Å². The zero-order valence-corrected chi connectivity index (χ0v) is 20.2. The molecule has 3 aromatic rings. The van der Waals surface area contributed by atoms with Crippen LogP contribution >= 0.6 is 11.6 Å². The minimum Gasteiger partial charge on any atom is -0.759 e. The topological polar surface area (TPSA) is 89.5 Å². The fourth-order valence-corrected chi connectivity index (χ4v) is 4.54. The number of amides is 1. The molecule has 0 aliphatic heterocycles. The molecule has 3 rings (SSSR count). The number of sulfonamides is 1. The van der Waals surface area contributed by atoms with Crippen LogP contribution in [0.15, 0.2) is 77.7 Å². The van der Waals surface area contributed by atoms with Crippen LogP contribution in [0.4, 0.5) is 4.39 Å². The van der Waals surface area contributed by atoms with Crippen LogP contribution in [0, 0.1) is 11.0 Å². The third-order valence-electron chi connectivity index (χ3n) is 4.37. The molecule has 1 amide bonds. The molecule has 6 nitrogen and oxygen atoms in total. The molecule has 0 aromatic heterocycles. The van der Waals surface area contributed by atoms with Crippen LogP contribution in [-0.4, -0.2) is 18.6 Å². The van der Waals surface area contributed by atoms with E-state index in [2.05, 4.69) is 0 Å². The molecule has 0 atom stereocenters. The molecular formula is C21H17ClFN2NaO4S. The summed E-state index contributed by atoms with van der Waals surface area (Å²) in [4.78, 5) is 11.4. The van der Waals surface area contributed by atoms with E-state index in [1.54, 1.807) is 24.3 Å². The van der Waals surface area contributed by atoms with Gasteiger partial charge in [0.25, 0.3) is 0 Å². The Kier molecular flexibility index (Phi) is 9.20. The molecule has 0 aliphatic carbocycles. The number of halogens is 2. The van der Waals surface area contributed by atoms with Crippen molar-refractivity contribution in [3.63, 3.8) is 0 Å². The minimum absolute atomic E-state index is 0. The minimum atomic E-state index is -3.94. The van der Waals surface area contributed by atoms with Crippen molar-refractivity contribution in [2.75, 3.05) is 0 Å². The fourth-order valence-electron chi connectivity index (χ4n) is 2.82. The third kappa shape index (κ3) is 6.60. The van der Waals surface area contributed by atoms with E-state index in [1.165, 1.54) is 58.3 Å². The molecule has 0 aliphatic rings. The Morgan fingerprint density at radius 3 is 2.03 bits per heavy atom. The Balaban J connectivity index is 0.00000341. The number of nitrogens with one attached hydrogen (secondary N) is 1. The van der Waals surface area contributed by atoms with Crippen LogP contribution in [0.3, 0.4) is 0 Å². The molecule has 31 heavy (non-hydrogen) atoms. The van der Waals surface area contributed by atoms with E-state index >= 15 is 0 Å². The summed E-state index contributed by atoms with van der Waals surface area (Å²) in [6.45, 7) is -0.0105. The molecule has 0 radical (unpaired) electrons. The van der Waals surface area contributed by atoms with E-state index in [1.807, 2.05) is 0 Å². The van der Waals surface area contributed by atoms with E-state index in [0.717, 1.165) is 0 Å². The molecule has 1 N–H and O–H groups in total. The molecular weight excluding hydrogens is 454 g/mol. The summed E-state index contributed by atoms with van der Waals surface area (Å²) in [6.07, 6.45) is 0. The van der Waals surface area contributed by atoms with Crippen LogP contribution in [-0.2, 0) is 23.1 Å². The van der Waals surface area contributed by atoms with Gasteiger partial charge in [-0.3, -0.25) is 4.79 Å². The Morgan fingerprint density at radius 2 is 1.52 bits per heavy atom. The van der Waals surface area contributed by atoms with Crippen molar-refractivity contribution in [3.05, 3.63) is 106 Å². The van der Waals surface area contributed by atoms with Crippen molar-refractivity contribution in [2.45, 2.75) is 18.0 Å². The summed E-state index contributed by atoms with van der Waals surface area (Å²) in [5, 5.41) is 10.8. The summed E-state index contributed by atoms with van der Waals surface area (Å²) in [5.41, 5.74) is 2.66. The first kappa shape index (κ1) is 25.5. The van der Waals surface area contributed by atoms with Crippen molar-refractivity contribution in [1.29, 1.82) is 0 Å². The predicted molar refractivity (Wildman–Crippen MR) is 112 cm³/mol. The van der Waals surface area contributed by atoms with Gasteiger partial charge >= 0.3 is 29.6 Å². The van der Waals surface area contributed by atoms with Gasteiger partial charge in [-0.2, -0.15) is 4.31 Å². The van der Waals surface area contributed by atoms with Gasteiger partial charge < -0.3 is 10.7 Å². The number of hydrogen-bond acceptors (Lipinski definition) is 4. The van der Waals surface area contributed by atoms with Crippen molar-refractivity contribution < 1.29 is 47.2 Å². The predicted octanol–water partition coefficient (Wildman–Crippen LogP) is 1.10. The number of hydrogen-bond donors (Lipinski definition) is 1. The Bertz CT molecular complexity index is 1140. The molecule has 0 saturated heterocycles. The Morgan fingerprint density at radius 1 is 0.968 bits per heavy atom. The molecule has 156 valence electrons. The van der Waals surface area contributed by atoms with Gasteiger partial charge in [0.15, 0.2) is 0 Å². The average molecular weight is 471 g/mol. The SMILES string of the molecule is O=C(N[O-])c1ccc(CN(Cc2ccc(F)cc2)S(=O)(=O)c2cccc(Cl)c2)cc1.[Na+]. The van der Waals surface area contributed by atoms with Crippen LogP contribution in [0.5, 0.6) is 0 Å². The second-order valence-electron chi connectivity index (χ2n) is 6.49. The second kappa shape index (κ2) is 11.2. The molecule has 0 unspecified atom stereocenters. The second-order valence-corrected chi connectivity index (χ2v) is 8.86. The first-order chi connectivity index (χ1) is 14.3. The van der Waals surface area contributed by atoms with Gasteiger partial charge in [0.1, 0.15) is 5.82 Å². The molecule has 3 aromatic carbocycles. The van der Waals surface area contributed by atoms with Crippen LogP contribution in [0.1, 0.15) is 21.5 Å². The smallest absolute Gasteiger partial charge is 0.759 e. The molecule has 0 saturated carbocycles. The zero-order valence-electron chi connectivity index (χ0n) is 16.6. The summed E-state index contributed by atoms with van der Waals surface area (Å²) in [5.74, 6) is -1.20. The number of rotatable bonds is 7. The number of hydroxylamine groups is 1.